The van der Waals surface area contributed by atoms with Crippen molar-refractivity contribution in [3.8, 4) is 0 Å². The zero-order valence-electron chi connectivity index (χ0n) is 16.3. The van der Waals surface area contributed by atoms with Crippen molar-refractivity contribution in [3.05, 3.63) is 18.7 Å². The molecule has 0 amide bonds. The SMILES string of the molecule is CN=C(NCC1CCCN(c2nccn3cnnc23)C1)NC1CC2CCC1O2. The van der Waals surface area contributed by atoms with Crippen LogP contribution in [-0.4, -0.2) is 70.5 Å². The molecule has 5 heterocycles. The molecule has 9 nitrogen and oxygen atoms in total. The molecule has 9 heteroatoms. The van der Waals surface area contributed by atoms with E-state index in [2.05, 4.69) is 35.7 Å². The van der Waals surface area contributed by atoms with Gasteiger partial charge in [-0.1, -0.05) is 0 Å². The lowest BCUT2D eigenvalue weighted by molar-refractivity contribution is 0.0992. The normalized spacial score (nSPS) is 30.2. The second kappa shape index (κ2) is 7.54. The summed E-state index contributed by atoms with van der Waals surface area (Å²) in [6.45, 7) is 2.86. The number of nitrogens with zero attached hydrogens (tertiary/aromatic N) is 6. The molecule has 2 bridgehead atoms. The largest absolute Gasteiger partial charge is 0.373 e. The molecule has 2 aromatic rings. The fourth-order valence-electron chi connectivity index (χ4n) is 4.79. The first kappa shape index (κ1) is 17.7. The summed E-state index contributed by atoms with van der Waals surface area (Å²) in [7, 11) is 1.84. The summed E-state index contributed by atoms with van der Waals surface area (Å²) < 4.78 is 7.87. The highest BCUT2D eigenvalue weighted by Gasteiger charge is 2.41. The van der Waals surface area contributed by atoms with Crippen molar-refractivity contribution in [1.29, 1.82) is 0 Å². The molecule has 2 N–H and O–H groups in total. The van der Waals surface area contributed by atoms with Gasteiger partial charge in [0.25, 0.3) is 0 Å². The third-order valence-electron chi connectivity index (χ3n) is 6.23. The number of ether oxygens (including phenoxy) is 1. The van der Waals surface area contributed by atoms with Crippen molar-refractivity contribution < 1.29 is 4.74 Å². The van der Waals surface area contributed by atoms with E-state index < -0.39 is 0 Å². The van der Waals surface area contributed by atoms with Gasteiger partial charge in [0.2, 0.25) is 5.65 Å². The Labute approximate surface area is 164 Å². The Hall–Kier alpha value is -2.42. The average Bonchev–Trinajstić information content (AvgIpc) is 3.47. The number of guanidine groups is 1. The van der Waals surface area contributed by atoms with Crippen molar-refractivity contribution >= 4 is 17.4 Å². The van der Waals surface area contributed by atoms with E-state index in [1.54, 1.807) is 6.33 Å². The maximum absolute atomic E-state index is 5.94. The van der Waals surface area contributed by atoms with Gasteiger partial charge in [-0.3, -0.25) is 9.39 Å². The summed E-state index contributed by atoms with van der Waals surface area (Å²) in [5.41, 5.74) is 0.824. The Morgan fingerprint density at radius 1 is 1.36 bits per heavy atom. The molecule has 3 aliphatic heterocycles. The van der Waals surface area contributed by atoms with Gasteiger partial charge >= 0.3 is 0 Å². The third-order valence-corrected chi connectivity index (χ3v) is 6.23. The Balaban J connectivity index is 1.18. The Bertz CT molecular complexity index is 851. The van der Waals surface area contributed by atoms with E-state index in [1.165, 1.54) is 12.8 Å². The number of aromatic nitrogens is 4. The summed E-state index contributed by atoms with van der Waals surface area (Å²) in [5, 5.41) is 15.3. The van der Waals surface area contributed by atoms with Crippen LogP contribution in [0.25, 0.3) is 5.65 Å². The first-order chi connectivity index (χ1) is 13.8. The van der Waals surface area contributed by atoms with E-state index in [1.807, 2.05) is 23.8 Å². The van der Waals surface area contributed by atoms with Gasteiger partial charge < -0.3 is 20.3 Å². The van der Waals surface area contributed by atoms with Crippen LogP contribution in [-0.2, 0) is 4.74 Å². The molecular weight excluding hydrogens is 356 g/mol. The molecule has 0 spiro atoms. The van der Waals surface area contributed by atoms with Crippen LogP contribution >= 0.6 is 0 Å². The summed E-state index contributed by atoms with van der Waals surface area (Å²) in [5.74, 6) is 2.34. The Kier molecular flexibility index (Phi) is 4.76. The summed E-state index contributed by atoms with van der Waals surface area (Å²) in [6.07, 6.45) is 12.0. The van der Waals surface area contributed by atoms with Crippen LogP contribution in [0.4, 0.5) is 5.82 Å². The van der Waals surface area contributed by atoms with E-state index in [4.69, 9.17) is 4.74 Å². The topological polar surface area (TPSA) is 92.0 Å². The van der Waals surface area contributed by atoms with Gasteiger partial charge in [0.05, 0.1) is 18.2 Å². The third kappa shape index (κ3) is 3.39. The van der Waals surface area contributed by atoms with E-state index in [-0.39, 0.29) is 0 Å². The number of piperidine rings is 1. The molecule has 3 fully saturated rings. The number of nitrogens with one attached hydrogen (secondary N) is 2. The van der Waals surface area contributed by atoms with Gasteiger partial charge in [-0.2, -0.15) is 0 Å². The van der Waals surface area contributed by atoms with Crippen molar-refractivity contribution in [1.82, 2.24) is 30.2 Å². The van der Waals surface area contributed by atoms with Gasteiger partial charge in [-0.05, 0) is 38.0 Å². The Morgan fingerprint density at radius 3 is 3.14 bits per heavy atom. The molecule has 4 unspecified atom stereocenters. The highest BCUT2D eigenvalue weighted by Crippen LogP contribution is 2.34. The predicted molar refractivity (Wildman–Crippen MR) is 107 cm³/mol. The minimum atomic E-state index is 0.350. The van der Waals surface area contributed by atoms with E-state index in [0.29, 0.717) is 24.2 Å². The summed E-state index contributed by atoms with van der Waals surface area (Å²) in [4.78, 5) is 11.3. The van der Waals surface area contributed by atoms with Gasteiger partial charge in [0.15, 0.2) is 11.8 Å². The maximum atomic E-state index is 5.94. The minimum absolute atomic E-state index is 0.350. The van der Waals surface area contributed by atoms with Crippen molar-refractivity contribution in [2.75, 3.05) is 31.6 Å². The molecule has 5 rings (SSSR count). The lowest BCUT2D eigenvalue weighted by Gasteiger charge is -2.34. The van der Waals surface area contributed by atoms with Crippen molar-refractivity contribution in [2.45, 2.75) is 50.4 Å². The lowest BCUT2D eigenvalue weighted by Crippen LogP contribution is -2.49. The molecule has 150 valence electrons. The number of fused-ring (bicyclic) bond motifs is 3. The van der Waals surface area contributed by atoms with Crippen LogP contribution in [0.3, 0.4) is 0 Å². The minimum Gasteiger partial charge on any atom is -0.373 e. The average molecular weight is 384 g/mol. The summed E-state index contributed by atoms with van der Waals surface area (Å²) in [6, 6.07) is 0.391. The van der Waals surface area contributed by atoms with Crippen LogP contribution < -0.4 is 15.5 Å². The van der Waals surface area contributed by atoms with Crippen LogP contribution in [0.2, 0.25) is 0 Å². The number of hydrogen-bond donors (Lipinski definition) is 2. The van der Waals surface area contributed by atoms with Crippen molar-refractivity contribution in [2.24, 2.45) is 10.9 Å². The second-order valence-electron chi connectivity index (χ2n) is 8.08. The molecule has 28 heavy (non-hydrogen) atoms. The molecule has 4 atom stereocenters. The first-order valence-corrected chi connectivity index (χ1v) is 10.3. The maximum Gasteiger partial charge on any atom is 0.203 e. The first-order valence-electron chi connectivity index (χ1n) is 10.3. The molecule has 0 aromatic carbocycles. The second-order valence-corrected chi connectivity index (χ2v) is 8.08. The highest BCUT2D eigenvalue weighted by atomic mass is 16.5. The van der Waals surface area contributed by atoms with Gasteiger partial charge in [0.1, 0.15) is 6.33 Å². The number of aliphatic imine (C=N–C) groups is 1. The van der Waals surface area contributed by atoms with Gasteiger partial charge in [-0.25, -0.2) is 4.98 Å². The fourth-order valence-corrected chi connectivity index (χ4v) is 4.79. The zero-order chi connectivity index (χ0) is 18.9. The quantitative estimate of drug-likeness (QED) is 0.596. The standard InChI is InChI=1S/C19H28N8O/c1-20-19(24-15-9-14-4-5-16(15)28-14)22-10-13-3-2-7-26(11-13)17-18-25-23-12-27(18)8-6-21-17/h6,8,12-16H,2-5,7,9-11H2,1H3,(H2,20,22,24). The van der Waals surface area contributed by atoms with Gasteiger partial charge in [-0.15, -0.1) is 10.2 Å². The molecule has 2 aromatic heterocycles. The van der Waals surface area contributed by atoms with E-state index in [9.17, 15) is 0 Å². The predicted octanol–water partition coefficient (Wildman–Crippen LogP) is 0.826. The molecule has 3 saturated heterocycles. The number of hydrogen-bond acceptors (Lipinski definition) is 6. The van der Waals surface area contributed by atoms with Crippen LogP contribution in [0, 0.1) is 5.92 Å². The van der Waals surface area contributed by atoms with Crippen LogP contribution in [0.1, 0.15) is 32.1 Å². The van der Waals surface area contributed by atoms with Crippen molar-refractivity contribution in [3.63, 3.8) is 0 Å². The number of rotatable bonds is 4. The molecule has 0 aliphatic carbocycles. The van der Waals surface area contributed by atoms with E-state index >= 15 is 0 Å². The smallest absolute Gasteiger partial charge is 0.203 e. The molecule has 0 radical (unpaired) electrons. The van der Waals surface area contributed by atoms with Gasteiger partial charge in [0, 0.05) is 39.1 Å². The molecule has 3 aliphatic rings. The zero-order valence-corrected chi connectivity index (χ0v) is 16.3. The fraction of sp³-hybridized carbons (Fsp3) is 0.684. The van der Waals surface area contributed by atoms with Crippen LogP contribution in [0.15, 0.2) is 23.7 Å². The molecule has 0 saturated carbocycles. The number of anilines is 1. The monoisotopic (exact) mass is 384 g/mol. The van der Waals surface area contributed by atoms with Crippen LogP contribution in [0.5, 0.6) is 0 Å². The van der Waals surface area contributed by atoms with E-state index in [0.717, 1.165) is 56.3 Å². The molecular formula is C19H28N8O. The highest BCUT2D eigenvalue weighted by molar-refractivity contribution is 5.80. The lowest BCUT2D eigenvalue weighted by atomic mass is 9.95. The summed E-state index contributed by atoms with van der Waals surface area (Å²) >= 11 is 0. The Morgan fingerprint density at radius 2 is 2.32 bits per heavy atom.